The number of fused-ring (bicyclic) bond motifs is 2. The number of carbonyl (C=O) groups excluding carboxylic acids is 2. The van der Waals surface area contributed by atoms with Crippen molar-refractivity contribution in [2.75, 3.05) is 26.7 Å². The van der Waals surface area contributed by atoms with Crippen molar-refractivity contribution in [3.05, 3.63) is 57.3 Å². The minimum Gasteiger partial charge on any atom is -0.370 e. The number of hydrogen-bond donors (Lipinski definition) is 3. The Hall–Kier alpha value is -1.93. The molecule has 29 heavy (non-hydrogen) atoms. The quantitative estimate of drug-likeness (QED) is 0.689. The number of thiophene rings is 1. The number of ether oxygens (including phenoxy) is 1. The summed E-state index contributed by atoms with van der Waals surface area (Å²) >= 11 is 1.52. The average Bonchev–Trinajstić information content (AvgIpc) is 3.19. The number of amides is 2. The number of nitrogens with one attached hydrogen (secondary N) is 3. The van der Waals surface area contributed by atoms with Crippen LogP contribution in [0, 0.1) is 0 Å². The van der Waals surface area contributed by atoms with Gasteiger partial charge in [0, 0.05) is 18.3 Å². The molecule has 8 heteroatoms. The summed E-state index contributed by atoms with van der Waals surface area (Å²) in [4.78, 5) is 27.2. The van der Waals surface area contributed by atoms with Crippen LogP contribution >= 0.6 is 23.7 Å². The standard InChI is InChI=1S/C21H25N3O3S.ClH/c1-22-20(26)18(14-5-3-2-4-6-14)24-19(25)17-13-15-16(28-17)7-12-27-21(15)8-10-23-11-9-21;/h2-6,13,18,23H,7-12H2,1H3,(H,22,26)(H,24,25);1H. The molecule has 2 aliphatic heterocycles. The number of likely N-dealkylation sites (N-methyl/N-ethyl adjacent to an activating group) is 1. The summed E-state index contributed by atoms with van der Waals surface area (Å²) in [5, 5.41) is 8.93. The smallest absolute Gasteiger partial charge is 0.262 e. The van der Waals surface area contributed by atoms with Gasteiger partial charge in [-0.2, -0.15) is 0 Å². The molecule has 1 fully saturated rings. The lowest BCUT2D eigenvalue weighted by atomic mass is 9.83. The molecule has 1 atom stereocenters. The second-order valence-corrected chi connectivity index (χ2v) is 8.36. The number of piperidine rings is 1. The van der Waals surface area contributed by atoms with E-state index in [1.54, 1.807) is 7.05 Å². The van der Waals surface area contributed by atoms with E-state index in [0.29, 0.717) is 11.5 Å². The van der Waals surface area contributed by atoms with Gasteiger partial charge >= 0.3 is 0 Å². The van der Waals surface area contributed by atoms with Crippen molar-refractivity contribution in [3.8, 4) is 0 Å². The highest BCUT2D eigenvalue weighted by atomic mass is 35.5. The van der Waals surface area contributed by atoms with Crippen molar-refractivity contribution in [1.82, 2.24) is 16.0 Å². The van der Waals surface area contributed by atoms with Crippen LogP contribution in [-0.2, 0) is 21.6 Å². The first kappa shape index (κ1) is 21.8. The van der Waals surface area contributed by atoms with E-state index in [4.69, 9.17) is 4.74 Å². The zero-order valence-electron chi connectivity index (χ0n) is 16.3. The molecule has 1 spiro atoms. The van der Waals surface area contributed by atoms with Crippen LogP contribution in [0.2, 0.25) is 0 Å². The number of hydrogen-bond acceptors (Lipinski definition) is 5. The molecule has 4 rings (SSSR count). The minimum absolute atomic E-state index is 0. The first-order chi connectivity index (χ1) is 13.6. The van der Waals surface area contributed by atoms with Gasteiger partial charge < -0.3 is 20.7 Å². The van der Waals surface area contributed by atoms with E-state index in [2.05, 4.69) is 16.0 Å². The molecule has 3 N–H and O–H groups in total. The van der Waals surface area contributed by atoms with Crippen LogP contribution in [0.1, 0.15) is 44.6 Å². The fraction of sp³-hybridized carbons (Fsp3) is 0.429. The molecule has 0 saturated carbocycles. The highest BCUT2D eigenvalue weighted by molar-refractivity contribution is 7.14. The second kappa shape index (κ2) is 9.26. The lowest BCUT2D eigenvalue weighted by Crippen LogP contribution is -2.44. The van der Waals surface area contributed by atoms with Gasteiger partial charge in [-0.05, 0) is 43.1 Å². The van der Waals surface area contributed by atoms with Crippen LogP contribution in [0.15, 0.2) is 36.4 Å². The van der Waals surface area contributed by atoms with Gasteiger partial charge in [-0.1, -0.05) is 30.3 Å². The largest absolute Gasteiger partial charge is 0.370 e. The monoisotopic (exact) mass is 435 g/mol. The summed E-state index contributed by atoms with van der Waals surface area (Å²) in [5.74, 6) is -0.458. The molecule has 0 radical (unpaired) electrons. The lowest BCUT2D eigenvalue weighted by molar-refractivity contribution is -0.122. The molecular weight excluding hydrogens is 410 g/mol. The molecule has 2 aliphatic rings. The molecule has 2 aromatic rings. The van der Waals surface area contributed by atoms with Crippen molar-refractivity contribution < 1.29 is 14.3 Å². The summed E-state index contributed by atoms with van der Waals surface area (Å²) in [7, 11) is 1.58. The van der Waals surface area contributed by atoms with Crippen molar-refractivity contribution >= 4 is 35.6 Å². The van der Waals surface area contributed by atoms with E-state index < -0.39 is 6.04 Å². The Morgan fingerprint density at radius 1 is 1.21 bits per heavy atom. The summed E-state index contributed by atoms with van der Waals surface area (Å²) < 4.78 is 6.20. The van der Waals surface area contributed by atoms with Gasteiger partial charge in [0.25, 0.3) is 5.91 Å². The van der Waals surface area contributed by atoms with Crippen LogP contribution in [-0.4, -0.2) is 38.6 Å². The highest BCUT2D eigenvalue weighted by Gasteiger charge is 2.40. The van der Waals surface area contributed by atoms with Crippen molar-refractivity contribution in [2.45, 2.75) is 30.9 Å². The topological polar surface area (TPSA) is 79.5 Å². The first-order valence-electron chi connectivity index (χ1n) is 9.68. The molecule has 1 aromatic heterocycles. The number of rotatable bonds is 4. The van der Waals surface area contributed by atoms with Gasteiger partial charge in [0.15, 0.2) is 0 Å². The number of halogens is 1. The maximum absolute atomic E-state index is 13.0. The lowest BCUT2D eigenvalue weighted by Gasteiger charge is -2.40. The number of carbonyl (C=O) groups is 2. The maximum atomic E-state index is 13.0. The van der Waals surface area contributed by atoms with Crippen LogP contribution in [0.5, 0.6) is 0 Å². The molecule has 156 valence electrons. The van der Waals surface area contributed by atoms with E-state index in [1.165, 1.54) is 16.2 Å². The van der Waals surface area contributed by atoms with Gasteiger partial charge in [0.2, 0.25) is 5.91 Å². The van der Waals surface area contributed by atoms with Crippen LogP contribution in [0.3, 0.4) is 0 Å². The molecule has 1 saturated heterocycles. The zero-order valence-corrected chi connectivity index (χ0v) is 18.0. The third-order valence-corrected chi connectivity index (χ3v) is 6.75. The van der Waals surface area contributed by atoms with E-state index in [0.717, 1.165) is 43.5 Å². The number of benzene rings is 1. The Morgan fingerprint density at radius 3 is 2.62 bits per heavy atom. The van der Waals surface area contributed by atoms with Crippen molar-refractivity contribution in [2.24, 2.45) is 0 Å². The molecule has 0 aliphatic carbocycles. The average molecular weight is 436 g/mol. The summed E-state index contributed by atoms with van der Waals surface area (Å²) in [6, 6.07) is 10.6. The van der Waals surface area contributed by atoms with E-state index in [9.17, 15) is 9.59 Å². The highest BCUT2D eigenvalue weighted by Crippen LogP contribution is 2.43. The SMILES string of the molecule is CNC(=O)C(NC(=O)c1cc2c(s1)CCOC21CCNCC1)c1ccccc1.Cl. The summed E-state index contributed by atoms with van der Waals surface area (Å²) in [6.07, 6.45) is 2.67. The van der Waals surface area contributed by atoms with Crippen LogP contribution in [0.25, 0.3) is 0 Å². The van der Waals surface area contributed by atoms with Gasteiger partial charge in [0.05, 0.1) is 17.1 Å². The van der Waals surface area contributed by atoms with Crippen LogP contribution in [0.4, 0.5) is 0 Å². The Labute approximate surface area is 180 Å². The summed E-state index contributed by atoms with van der Waals surface area (Å²) in [5.41, 5.74) is 1.65. The molecule has 1 unspecified atom stereocenters. The predicted molar refractivity (Wildman–Crippen MR) is 116 cm³/mol. The maximum Gasteiger partial charge on any atom is 0.262 e. The molecule has 0 bridgehead atoms. The fourth-order valence-electron chi connectivity index (χ4n) is 4.07. The third-order valence-electron chi connectivity index (χ3n) is 5.56. The molecule has 6 nitrogen and oxygen atoms in total. The molecular formula is C21H26ClN3O3S. The van der Waals surface area contributed by atoms with E-state index in [1.807, 2.05) is 36.4 Å². The molecule has 1 aromatic carbocycles. The zero-order chi connectivity index (χ0) is 19.6. The second-order valence-electron chi connectivity index (χ2n) is 7.22. The Kier molecular flexibility index (Phi) is 6.95. The Balaban J connectivity index is 0.00000240. The minimum atomic E-state index is -0.720. The van der Waals surface area contributed by atoms with E-state index >= 15 is 0 Å². The van der Waals surface area contributed by atoms with E-state index in [-0.39, 0.29) is 29.8 Å². The fourth-order valence-corrected chi connectivity index (χ4v) is 5.20. The van der Waals surface area contributed by atoms with Gasteiger partial charge in [0.1, 0.15) is 6.04 Å². The van der Waals surface area contributed by atoms with Crippen molar-refractivity contribution in [3.63, 3.8) is 0 Å². The predicted octanol–water partition coefficient (Wildman–Crippen LogP) is 2.54. The molecule has 3 heterocycles. The van der Waals surface area contributed by atoms with Crippen LogP contribution < -0.4 is 16.0 Å². The Bertz CT molecular complexity index is 865. The normalized spacial score (nSPS) is 18.2. The summed E-state index contributed by atoms with van der Waals surface area (Å²) in [6.45, 7) is 2.53. The third kappa shape index (κ3) is 4.33. The van der Waals surface area contributed by atoms with Gasteiger partial charge in [-0.15, -0.1) is 23.7 Å². The van der Waals surface area contributed by atoms with Gasteiger partial charge in [-0.3, -0.25) is 9.59 Å². The Morgan fingerprint density at radius 2 is 1.93 bits per heavy atom. The first-order valence-corrected chi connectivity index (χ1v) is 10.5. The van der Waals surface area contributed by atoms with Gasteiger partial charge in [-0.25, -0.2) is 0 Å². The molecule has 2 amide bonds. The van der Waals surface area contributed by atoms with Crippen molar-refractivity contribution in [1.29, 1.82) is 0 Å².